The van der Waals surface area contributed by atoms with Gasteiger partial charge in [0.05, 0.1) is 0 Å². The van der Waals surface area contributed by atoms with Crippen LogP contribution in [0.15, 0.2) is 23.2 Å². The summed E-state index contributed by atoms with van der Waals surface area (Å²) in [6.45, 7) is 0.320. The Bertz CT molecular complexity index is 615. The quantitative estimate of drug-likeness (QED) is 0.841. The van der Waals surface area contributed by atoms with Gasteiger partial charge in [-0.05, 0) is 25.0 Å². The van der Waals surface area contributed by atoms with Crippen LogP contribution in [0.2, 0.25) is 0 Å². The predicted octanol–water partition coefficient (Wildman–Crippen LogP) is -0.0949. The number of carbonyl (C=O) groups is 1. The Morgan fingerprint density at radius 3 is 2.80 bits per heavy atom. The summed E-state index contributed by atoms with van der Waals surface area (Å²) in [6, 6.07) is 2.27. The van der Waals surface area contributed by atoms with Crippen molar-refractivity contribution in [1.82, 2.24) is 14.2 Å². The van der Waals surface area contributed by atoms with E-state index in [4.69, 9.17) is 5.73 Å². The van der Waals surface area contributed by atoms with E-state index in [1.54, 1.807) is 14.1 Å². The second-order valence-corrected chi connectivity index (χ2v) is 6.75. The van der Waals surface area contributed by atoms with Crippen molar-refractivity contribution in [2.24, 2.45) is 0 Å². The minimum Gasteiger partial charge on any atom is -0.383 e. The number of anilines is 1. The van der Waals surface area contributed by atoms with E-state index in [0.717, 1.165) is 0 Å². The summed E-state index contributed by atoms with van der Waals surface area (Å²) in [6.07, 6.45) is 2.61. The van der Waals surface area contributed by atoms with E-state index in [-0.39, 0.29) is 16.6 Å². The van der Waals surface area contributed by atoms with Crippen LogP contribution in [0.5, 0.6) is 0 Å². The minimum atomic E-state index is -3.80. The van der Waals surface area contributed by atoms with Crippen LogP contribution >= 0.6 is 0 Å². The zero-order chi connectivity index (χ0) is 14.9. The SMILES string of the molecule is CN(C)C(=O)C1CCCN1S(=O)(=O)c1cccnc1N. The van der Waals surface area contributed by atoms with Gasteiger partial charge in [0.15, 0.2) is 0 Å². The number of nitrogens with zero attached hydrogens (tertiary/aromatic N) is 3. The number of amides is 1. The number of hydrogen-bond acceptors (Lipinski definition) is 5. The lowest BCUT2D eigenvalue weighted by atomic mass is 10.2. The van der Waals surface area contributed by atoms with Crippen molar-refractivity contribution >= 4 is 21.7 Å². The van der Waals surface area contributed by atoms with E-state index in [1.807, 2.05) is 0 Å². The Hall–Kier alpha value is -1.67. The third-order valence-corrected chi connectivity index (χ3v) is 5.27. The van der Waals surface area contributed by atoms with Gasteiger partial charge in [-0.25, -0.2) is 13.4 Å². The second kappa shape index (κ2) is 5.37. The van der Waals surface area contributed by atoms with Crippen molar-refractivity contribution in [3.63, 3.8) is 0 Å². The monoisotopic (exact) mass is 298 g/mol. The maximum atomic E-state index is 12.6. The van der Waals surface area contributed by atoms with Gasteiger partial charge in [-0.15, -0.1) is 0 Å². The lowest BCUT2D eigenvalue weighted by molar-refractivity contribution is -0.132. The third kappa shape index (κ3) is 2.48. The molecule has 2 rings (SSSR count). The van der Waals surface area contributed by atoms with Gasteiger partial charge in [-0.2, -0.15) is 4.31 Å². The number of aromatic nitrogens is 1. The zero-order valence-electron chi connectivity index (χ0n) is 11.5. The summed E-state index contributed by atoms with van der Waals surface area (Å²) in [4.78, 5) is 17.3. The van der Waals surface area contributed by atoms with E-state index in [2.05, 4.69) is 4.98 Å². The number of sulfonamides is 1. The van der Waals surface area contributed by atoms with Gasteiger partial charge in [0.25, 0.3) is 0 Å². The van der Waals surface area contributed by atoms with Crippen LogP contribution in [0, 0.1) is 0 Å². The molecule has 2 N–H and O–H groups in total. The highest BCUT2D eigenvalue weighted by atomic mass is 32.2. The van der Waals surface area contributed by atoms with Gasteiger partial charge in [0.1, 0.15) is 16.8 Å². The average Bonchev–Trinajstić information content (AvgIpc) is 2.87. The molecule has 0 radical (unpaired) electrons. The van der Waals surface area contributed by atoms with E-state index in [9.17, 15) is 13.2 Å². The van der Waals surface area contributed by atoms with Crippen molar-refractivity contribution in [3.8, 4) is 0 Å². The molecule has 20 heavy (non-hydrogen) atoms. The molecule has 1 amide bonds. The van der Waals surface area contributed by atoms with Crippen molar-refractivity contribution in [2.45, 2.75) is 23.8 Å². The first-order valence-corrected chi connectivity index (χ1v) is 7.73. The van der Waals surface area contributed by atoms with Crippen molar-refractivity contribution in [2.75, 3.05) is 26.4 Å². The zero-order valence-corrected chi connectivity index (χ0v) is 12.3. The summed E-state index contributed by atoms with van der Waals surface area (Å²) < 4.78 is 26.5. The first-order chi connectivity index (χ1) is 9.35. The van der Waals surface area contributed by atoms with Gasteiger partial charge < -0.3 is 10.6 Å². The second-order valence-electron chi connectivity index (χ2n) is 4.89. The molecule has 0 aliphatic carbocycles. The van der Waals surface area contributed by atoms with Crippen molar-refractivity contribution in [3.05, 3.63) is 18.3 Å². The Labute approximate surface area is 118 Å². The molecule has 1 unspecified atom stereocenters. The lowest BCUT2D eigenvalue weighted by Crippen LogP contribution is -2.45. The van der Waals surface area contributed by atoms with Gasteiger partial charge >= 0.3 is 0 Å². The van der Waals surface area contributed by atoms with Crippen LogP contribution in [-0.4, -0.2) is 55.2 Å². The van der Waals surface area contributed by atoms with E-state index >= 15 is 0 Å². The molecular weight excluding hydrogens is 280 g/mol. The molecule has 0 spiro atoms. The number of hydrogen-bond donors (Lipinski definition) is 1. The van der Waals surface area contributed by atoms with Gasteiger partial charge in [-0.3, -0.25) is 4.79 Å². The largest absolute Gasteiger partial charge is 0.383 e. The number of carbonyl (C=O) groups excluding carboxylic acids is 1. The number of pyridine rings is 1. The Morgan fingerprint density at radius 1 is 1.50 bits per heavy atom. The van der Waals surface area contributed by atoms with E-state index in [1.165, 1.54) is 27.5 Å². The fraction of sp³-hybridized carbons (Fsp3) is 0.500. The first-order valence-electron chi connectivity index (χ1n) is 6.29. The van der Waals surface area contributed by atoms with Crippen LogP contribution < -0.4 is 5.73 Å². The van der Waals surface area contributed by atoms with Crippen LogP contribution in [0.25, 0.3) is 0 Å². The highest BCUT2D eigenvalue weighted by Crippen LogP contribution is 2.28. The maximum Gasteiger partial charge on any atom is 0.247 e. The number of nitrogen functional groups attached to an aromatic ring is 1. The summed E-state index contributed by atoms with van der Waals surface area (Å²) >= 11 is 0. The molecular formula is C12H18N4O3S. The Kier molecular flexibility index (Phi) is 3.96. The molecule has 1 aliphatic rings. The molecule has 0 bridgehead atoms. The average molecular weight is 298 g/mol. The molecule has 1 fully saturated rings. The fourth-order valence-corrected chi connectivity index (χ4v) is 4.04. The summed E-state index contributed by atoms with van der Waals surface area (Å²) in [7, 11) is -0.569. The van der Waals surface area contributed by atoms with Crippen molar-refractivity contribution in [1.29, 1.82) is 0 Å². The van der Waals surface area contributed by atoms with Gasteiger partial charge in [-0.1, -0.05) is 0 Å². The number of likely N-dealkylation sites (N-methyl/N-ethyl adjacent to an activating group) is 1. The summed E-state index contributed by atoms with van der Waals surface area (Å²) in [5, 5.41) is 0. The predicted molar refractivity (Wildman–Crippen MR) is 74.3 cm³/mol. The molecule has 0 aromatic carbocycles. The molecule has 7 nitrogen and oxygen atoms in total. The summed E-state index contributed by atoms with van der Waals surface area (Å²) in [5.74, 6) is -0.260. The Morgan fingerprint density at radius 2 is 2.20 bits per heavy atom. The third-order valence-electron chi connectivity index (χ3n) is 3.32. The van der Waals surface area contributed by atoms with Crippen LogP contribution in [-0.2, 0) is 14.8 Å². The highest BCUT2D eigenvalue weighted by Gasteiger charge is 2.40. The number of rotatable bonds is 3. The molecule has 1 atom stereocenters. The van der Waals surface area contributed by atoms with Crippen LogP contribution in [0.3, 0.4) is 0 Å². The highest BCUT2D eigenvalue weighted by molar-refractivity contribution is 7.89. The molecule has 1 saturated heterocycles. The standard InChI is InChI=1S/C12H18N4O3S/c1-15(2)12(17)9-5-4-8-16(9)20(18,19)10-6-3-7-14-11(10)13/h3,6-7,9H,4-5,8H2,1-2H3,(H2,13,14). The molecule has 2 heterocycles. The minimum absolute atomic E-state index is 0.0431. The molecule has 0 saturated carbocycles. The molecule has 1 aromatic heterocycles. The van der Waals surface area contributed by atoms with Crippen molar-refractivity contribution < 1.29 is 13.2 Å². The van der Waals surface area contributed by atoms with Gasteiger partial charge in [0, 0.05) is 26.8 Å². The molecule has 1 aromatic rings. The smallest absolute Gasteiger partial charge is 0.247 e. The molecule has 8 heteroatoms. The molecule has 110 valence electrons. The van der Waals surface area contributed by atoms with E-state index < -0.39 is 16.1 Å². The maximum absolute atomic E-state index is 12.6. The van der Waals surface area contributed by atoms with Gasteiger partial charge in [0.2, 0.25) is 15.9 Å². The number of nitrogens with two attached hydrogens (primary N) is 1. The van der Waals surface area contributed by atoms with E-state index in [0.29, 0.717) is 19.4 Å². The lowest BCUT2D eigenvalue weighted by Gasteiger charge is -2.25. The first kappa shape index (κ1) is 14.7. The molecule has 1 aliphatic heterocycles. The van der Waals surface area contributed by atoms with Crippen LogP contribution in [0.4, 0.5) is 5.82 Å². The normalized spacial score (nSPS) is 20.0. The van der Waals surface area contributed by atoms with Crippen LogP contribution in [0.1, 0.15) is 12.8 Å². The fourth-order valence-electron chi connectivity index (χ4n) is 2.32. The summed E-state index contributed by atoms with van der Waals surface area (Å²) in [5.41, 5.74) is 5.64. The topological polar surface area (TPSA) is 96.6 Å². The Balaban J connectivity index is 2.39.